The molecule has 1 heterocycles. The Morgan fingerprint density at radius 1 is 1.29 bits per heavy atom. The van der Waals surface area contributed by atoms with Crippen molar-refractivity contribution in [2.45, 2.75) is 13.0 Å². The zero-order valence-corrected chi connectivity index (χ0v) is 12.2. The first kappa shape index (κ1) is 15.1. The molecule has 0 aliphatic rings. The number of ether oxygens (including phenoxy) is 1. The minimum atomic E-state index is -0.877. The van der Waals surface area contributed by atoms with Gasteiger partial charge in [0, 0.05) is 11.2 Å². The molecule has 6 heteroatoms. The monoisotopic (exact) mass is 306 g/mol. The summed E-state index contributed by atoms with van der Waals surface area (Å²) in [6, 6.07) is 9.12. The van der Waals surface area contributed by atoms with E-state index in [2.05, 4.69) is 10.3 Å². The van der Waals surface area contributed by atoms with Crippen molar-refractivity contribution in [1.82, 2.24) is 10.3 Å². The summed E-state index contributed by atoms with van der Waals surface area (Å²) in [7, 11) is 0. The van der Waals surface area contributed by atoms with Crippen molar-refractivity contribution in [3.05, 3.63) is 58.9 Å². The molecule has 1 aromatic heterocycles. The summed E-state index contributed by atoms with van der Waals surface area (Å²) in [6.07, 6.45) is 1.64. The van der Waals surface area contributed by atoms with E-state index >= 15 is 0 Å². The smallest absolute Gasteiger partial charge is 0.333 e. The molecule has 0 saturated heterocycles. The van der Waals surface area contributed by atoms with E-state index in [-0.39, 0.29) is 12.5 Å². The summed E-state index contributed by atoms with van der Waals surface area (Å²) in [6.45, 7) is 1.95. The van der Waals surface area contributed by atoms with Crippen LogP contribution in [0.3, 0.4) is 0 Å². The molecular weight excluding hydrogens is 292 g/mol. The maximum Gasteiger partial charge on any atom is 0.333 e. The normalized spacial score (nSPS) is 11.7. The van der Waals surface area contributed by atoms with Crippen LogP contribution in [0.2, 0.25) is 5.02 Å². The molecule has 0 spiro atoms. The van der Waals surface area contributed by atoms with E-state index in [1.54, 1.807) is 49.5 Å². The van der Waals surface area contributed by atoms with Crippen LogP contribution in [0.5, 0.6) is 0 Å². The molecule has 0 fully saturated rings. The summed E-state index contributed by atoms with van der Waals surface area (Å²) in [4.78, 5) is 26.9. The van der Waals surface area contributed by atoms with Crippen LogP contribution in [0.15, 0.2) is 42.6 Å². The number of benzene rings is 1. The molecule has 2 N–H and O–H groups in total. The molecule has 0 radical (unpaired) electrons. The molecule has 0 aliphatic carbocycles. The minimum absolute atomic E-state index is 0.237. The molecule has 0 unspecified atom stereocenters. The molecule has 1 amide bonds. The van der Waals surface area contributed by atoms with E-state index in [1.807, 2.05) is 0 Å². The molecule has 5 nitrogen and oxygen atoms in total. The number of halogens is 1. The number of esters is 1. The summed E-state index contributed by atoms with van der Waals surface area (Å²) in [5.41, 5.74) is 0.982. The average Bonchev–Trinajstić information content (AvgIpc) is 3.00. The highest BCUT2D eigenvalue weighted by atomic mass is 35.5. The quantitative estimate of drug-likeness (QED) is 0.834. The van der Waals surface area contributed by atoms with Gasteiger partial charge in [0.25, 0.3) is 5.91 Å². The Kier molecular flexibility index (Phi) is 5.00. The fourth-order valence-electron chi connectivity index (χ4n) is 1.84. The largest absolute Gasteiger partial charge is 0.464 e. The fraction of sp³-hybridized carbons (Fsp3) is 0.200. The van der Waals surface area contributed by atoms with Crippen molar-refractivity contribution < 1.29 is 14.3 Å². The predicted molar refractivity (Wildman–Crippen MR) is 79.1 cm³/mol. The lowest BCUT2D eigenvalue weighted by atomic mass is 10.1. The third-order valence-corrected chi connectivity index (χ3v) is 3.10. The first-order valence-electron chi connectivity index (χ1n) is 6.48. The SMILES string of the molecule is CCOC(=O)[C@H](NC(=O)c1ccc[nH]1)c1ccc(Cl)cc1. The molecular formula is C15H15ClN2O3. The van der Waals surface area contributed by atoms with Gasteiger partial charge in [-0.05, 0) is 36.8 Å². The van der Waals surface area contributed by atoms with E-state index < -0.39 is 12.0 Å². The van der Waals surface area contributed by atoms with Crippen molar-refractivity contribution in [3.63, 3.8) is 0 Å². The van der Waals surface area contributed by atoms with Crippen molar-refractivity contribution in [2.75, 3.05) is 6.61 Å². The van der Waals surface area contributed by atoms with Gasteiger partial charge in [0.2, 0.25) is 0 Å². The van der Waals surface area contributed by atoms with Gasteiger partial charge in [-0.2, -0.15) is 0 Å². The van der Waals surface area contributed by atoms with Gasteiger partial charge in [0.1, 0.15) is 5.69 Å². The lowest BCUT2D eigenvalue weighted by Gasteiger charge is -2.17. The van der Waals surface area contributed by atoms with Gasteiger partial charge >= 0.3 is 5.97 Å². The Bertz CT molecular complexity index is 608. The first-order chi connectivity index (χ1) is 10.1. The van der Waals surface area contributed by atoms with E-state index in [9.17, 15) is 9.59 Å². The second-order valence-electron chi connectivity index (χ2n) is 4.29. The first-order valence-corrected chi connectivity index (χ1v) is 6.86. The van der Waals surface area contributed by atoms with Crippen LogP contribution in [0.25, 0.3) is 0 Å². The second kappa shape index (κ2) is 6.95. The van der Waals surface area contributed by atoms with Gasteiger partial charge in [-0.1, -0.05) is 23.7 Å². The fourth-order valence-corrected chi connectivity index (χ4v) is 1.97. The van der Waals surface area contributed by atoms with Crippen LogP contribution in [0, 0.1) is 0 Å². The number of aromatic nitrogens is 1. The topological polar surface area (TPSA) is 71.2 Å². The predicted octanol–water partition coefficient (Wildman–Crippen LogP) is 2.70. The number of amides is 1. The second-order valence-corrected chi connectivity index (χ2v) is 4.73. The molecule has 1 aromatic carbocycles. The van der Waals surface area contributed by atoms with E-state index in [1.165, 1.54) is 0 Å². The summed E-state index contributed by atoms with van der Waals surface area (Å²) in [5, 5.41) is 3.20. The molecule has 2 rings (SSSR count). The molecule has 21 heavy (non-hydrogen) atoms. The minimum Gasteiger partial charge on any atom is -0.464 e. The van der Waals surface area contributed by atoms with Gasteiger partial charge < -0.3 is 15.0 Å². The summed E-state index contributed by atoms with van der Waals surface area (Å²) in [5.74, 6) is -0.896. The van der Waals surface area contributed by atoms with E-state index in [0.29, 0.717) is 16.3 Å². The van der Waals surface area contributed by atoms with Gasteiger partial charge in [-0.15, -0.1) is 0 Å². The zero-order valence-electron chi connectivity index (χ0n) is 11.4. The Labute approximate surface area is 127 Å². The number of carbonyl (C=O) groups is 2. The molecule has 1 atom stereocenters. The average molecular weight is 307 g/mol. The van der Waals surface area contributed by atoms with Gasteiger partial charge in [0.05, 0.1) is 6.61 Å². The van der Waals surface area contributed by atoms with Crippen molar-refractivity contribution in [3.8, 4) is 0 Å². The summed E-state index contributed by atoms with van der Waals surface area (Å²) < 4.78 is 5.01. The Morgan fingerprint density at radius 2 is 2.00 bits per heavy atom. The number of hydrogen-bond donors (Lipinski definition) is 2. The van der Waals surface area contributed by atoms with Crippen LogP contribution in [-0.4, -0.2) is 23.5 Å². The van der Waals surface area contributed by atoms with Crippen LogP contribution in [-0.2, 0) is 9.53 Å². The Hall–Kier alpha value is -2.27. The van der Waals surface area contributed by atoms with Crippen molar-refractivity contribution in [2.24, 2.45) is 0 Å². The maximum atomic E-state index is 12.1. The summed E-state index contributed by atoms with van der Waals surface area (Å²) >= 11 is 5.84. The van der Waals surface area contributed by atoms with Crippen molar-refractivity contribution in [1.29, 1.82) is 0 Å². The highest BCUT2D eigenvalue weighted by Crippen LogP contribution is 2.18. The number of carbonyl (C=O) groups excluding carboxylic acids is 2. The Morgan fingerprint density at radius 3 is 2.57 bits per heavy atom. The highest BCUT2D eigenvalue weighted by molar-refractivity contribution is 6.30. The third-order valence-electron chi connectivity index (χ3n) is 2.84. The van der Waals surface area contributed by atoms with Crippen LogP contribution < -0.4 is 5.32 Å². The molecule has 0 saturated carbocycles. The third kappa shape index (κ3) is 3.86. The lowest BCUT2D eigenvalue weighted by molar-refractivity contribution is -0.145. The van der Waals surface area contributed by atoms with Gasteiger partial charge in [0.15, 0.2) is 6.04 Å². The standard InChI is InChI=1S/C15H15ClN2O3/c1-2-21-15(20)13(10-5-7-11(16)8-6-10)18-14(19)12-4-3-9-17-12/h3-9,13,17H,2H2,1H3,(H,18,19)/t13-/m1/s1. The van der Waals surface area contributed by atoms with Crippen LogP contribution in [0.1, 0.15) is 29.0 Å². The van der Waals surface area contributed by atoms with E-state index in [0.717, 1.165) is 0 Å². The number of aromatic amines is 1. The molecule has 2 aromatic rings. The van der Waals surface area contributed by atoms with Crippen molar-refractivity contribution >= 4 is 23.5 Å². The van der Waals surface area contributed by atoms with Crippen LogP contribution in [0.4, 0.5) is 0 Å². The number of nitrogens with one attached hydrogen (secondary N) is 2. The van der Waals surface area contributed by atoms with Gasteiger partial charge in [-0.25, -0.2) is 4.79 Å². The molecule has 110 valence electrons. The highest BCUT2D eigenvalue weighted by Gasteiger charge is 2.24. The van der Waals surface area contributed by atoms with E-state index in [4.69, 9.17) is 16.3 Å². The number of rotatable bonds is 5. The molecule has 0 bridgehead atoms. The lowest BCUT2D eigenvalue weighted by Crippen LogP contribution is -2.35. The maximum absolute atomic E-state index is 12.1. The molecule has 0 aliphatic heterocycles. The van der Waals surface area contributed by atoms with Crippen LogP contribution >= 0.6 is 11.6 Å². The number of H-pyrrole nitrogens is 1. The zero-order chi connectivity index (χ0) is 15.2. The number of hydrogen-bond acceptors (Lipinski definition) is 3. The van der Waals surface area contributed by atoms with Gasteiger partial charge in [-0.3, -0.25) is 4.79 Å². The Balaban J connectivity index is 2.22.